The Hall–Kier alpha value is -3.71. The molecular formula is C29H35N3O4. The van der Waals surface area contributed by atoms with Gasteiger partial charge in [0, 0.05) is 43.9 Å². The molecular weight excluding hydrogens is 454 g/mol. The van der Waals surface area contributed by atoms with E-state index in [1.165, 1.54) is 28.7 Å². The lowest BCUT2D eigenvalue weighted by Gasteiger charge is -2.36. The minimum absolute atomic E-state index is 0.558. The molecule has 0 spiro atoms. The molecule has 0 bridgehead atoms. The van der Waals surface area contributed by atoms with Crippen LogP contribution in [0.5, 0.6) is 0 Å². The summed E-state index contributed by atoms with van der Waals surface area (Å²) in [5, 5.41) is 15.6. The fourth-order valence-corrected chi connectivity index (χ4v) is 4.36. The van der Waals surface area contributed by atoms with Gasteiger partial charge in [-0.25, -0.2) is 14.6 Å². The van der Waals surface area contributed by atoms with E-state index in [0.717, 1.165) is 57.1 Å². The fraction of sp³-hybridized carbons (Fsp3) is 0.345. The predicted molar refractivity (Wildman–Crippen MR) is 144 cm³/mol. The number of carboxylic acids is 2. The maximum Gasteiger partial charge on any atom is 0.328 e. The van der Waals surface area contributed by atoms with E-state index in [-0.39, 0.29) is 0 Å². The number of aliphatic imine (C=N–C) groups is 1. The van der Waals surface area contributed by atoms with Crippen molar-refractivity contribution in [3.05, 3.63) is 83.4 Å². The van der Waals surface area contributed by atoms with Crippen molar-refractivity contribution in [3.8, 4) is 0 Å². The van der Waals surface area contributed by atoms with Gasteiger partial charge in [0.25, 0.3) is 0 Å². The monoisotopic (exact) mass is 489 g/mol. The number of piperazine rings is 1. The third-order valence-corrected chi connectivity index (χ3v) is 6.25. The average molecular weight is 490 g/mol. The normalized spacial score (nSPS) is 15.8. The molecule has 0 unspecified atom stereocenters. The maximum atomic E-state index is 9.55. The SMILES string of the molecule is CCCc1ccc2c(c1)CC=C(c1ccccc1)C(N1CCN(CC)CC1)=N2.O=C(O)/C=C/C(=O)O. The van der Waals surface area contributed by atoms with Crippen LogP contribution in [0.2, 0.25) is 0 Å². The summed E-state index contributed by atoms with van der Waals surface area (Å²) < 4.78 is 0. The first-order chi connectivity index (χ1) is 17.4. The number of hydrogen-bond donors (Lipinski definition) is 2. The standard InChI is InChI=1S/C25H31N3.C4H4O4/c1-3-8-20-11-14-24-22(19-20)12-13-23(21-9-6-5-7-10-21)25(26-24)28-17-15-27(4-2)16-18-28;5-3(6)1-2-4(7)8/h5-7,9-11,13-14,19H,3-4,8,12,15-18H2,1-2H3;1-2H,(H,5,6)(H,7,8)/b;2-1+. The highest BCUT2D eigenvalue weighted by atomic mass is 16.4. The average Bonchev–Trinajstić information content (AvgIpc) is 3.08. The van der Waals surface area contributed by atoms with Crippen LogP contribution in [-0.2, 0) is 22.4 Å². The summed E-state index contributed by atoms with van der Waals surface area (Å²) in [6, 6.07) is 17.6. The molecule has 2 aromatic carbocycles. The fourth-order valence-electron chi connectivity index (χ4n) is 4.36. The molecule has 0 radical (unpaired) electrons. The van der Waals surface area contributed by atoms with Crippen LogP contribution in [0.25, 0.3) is 5.57 Å². The van der Waals surface area contributed by atoms with Crippen molar-refractivity contribution >= 4 is 29.0 Å². The molecule has 1 fully saturated rings. The summed E-state index contributed by atoms with van der Waals surface area (Å²) in [5.74, 6) is -1.37. The van der Waals surface area contributed by atoms with Crippen molar-refractivity contribution in [3.63, 3.8) is 0 Å². The van der Waals surface area contributed by atoms with Crippen molar-refractivity contribution in [1.29, 1.82) is 0 Å². The Morgan fingerprint density at radius 2 is 1.61 bits per heavy atom. The molecule has 0 amide bonds. The zero-order chi connectivity index (χ0) is 25.9. The Labute approximate surface area is 213 Å². The van der Waals surface area contributed by atoms with Crippen LogP contribution in [0.4, 0.5) is 5.69 Å². The number of amidine groups is 1. The molecule has 2 aliphatic heterocycles. The number of hydrogen-bond acceptors (Lipinski definition) is 5. The van der Waals surface area contributed by atoms with Gasteiger partial charge in [-0.2, -0.15) is 0 Å². The molecule has 36 heavy (non-hydrogen) atoms. The lowest BCUT2D eigenvalue weighted by atomic mass is 10.00. The highest BCUT2D eigenvalue weighted by molar-refractivity contribution is 6.23. The van der Waals surface area contributed by atoms with E-state index in [4.69, 9.17) is 15.2 Å². The van der Waals surface area contributed by atoms with Crippen LogP contribution < -0.4 is 0 Å². The molecule has 4 rings (SSSR count). The molecule has 7 nitrogen and oxygen atoms in total. The van der Waals surface area contributed by atoms with Crippen LogP contribution in [0.15, 0.2) is 71.8 Å². The van der Waals surface area contributed by atoms with E-state index in [9.17, 15) is 9.59 Å². The van der Waals surface area contributed by atoms with Gasteiger partial charge < -0.3 is 20.0 Å². The summed E-state index contributed by atoms with van der Waals surface area (Å²) in [6.07, 6.45) is 6.77. The van der Waals surface area contributed by atoms with E-state index < -0.39 is 11.9 Å². The summed E-state index contributed by atoms with van der Waals surface area (Å²) >= 11 is 0. The quantitative estimate of drug-likeness (QED) is 0.574. The third-order valence-electron chi connectivity index (χ3n) is 6.25. The zero-order valence-corrected chi connectivity index (χ0v) is 21.1. The lowest BCUT2D eigenvalue weighted by molar-refractivity contribution is -0.134. The predicted octanol–water partition coefficient (Wildman–Crippen LogP) is 4.66. The van der Waals surface area contributed by atoms with Gasteiger partial charge in [-0.3, -0.25) is 0 Å². The number of aryl methyl sites for hydroxylation is 1. The lowest BCUT2D eigenvalue weighted by Crippen LogP contribution is -2.48. The van der Waals surface area contributed by atoms with Crippen molar-refractivity contribution in [2.45, 2.75) is 33.1 Å². The van der Waals surface area contributed by atoms with Gasteiger partial charge in [0.15, 0.2) is 0 Å². The number of carbonyl (C=O) groups is 2. The van der Waals surface area contributed by atoms with Gasteiger partial charge in [0.05, 0.1) is 5.69 Å². The topological polar surface area (TPSA) is 93.4 Å². The summed E-state index contributed by atoms with van der Waals surface area (Å²) in [5.41, 5.74) is 6.45. The van der Waals surface area contributed by atoms with Crippen molar-refractivity contribution in [2.75, 3.05) is 32.7 Å². The van der Waals surface area contributed by atoms with Crippen molar-refractivity contribution < 1.29 is 19.8 Å². The number of nitrogens with zero attached hydrogens (tertiary/aromatic N) is 3. The molecule has 7 heteroatoms. The number of likely N-dealkylation sites (N-methyl/N-ethyl adjacent to an activating group) is 1. The Bertz CT molecular complexity index is 1110. The van der Waals surface area contributed by atoms with Gasteiger partial charge in [0.2, 0.25) is 0 Å². The molecule has 1 saturated heterocycles. The van der Waals surface area contributed by atoms with Gasteiger partial charge >= 0.3 is 11.9 Å². The largest absolute Gasteiger partial charge is 0.478 e. The van der Waals surface area contributed by atoms with Crippen LogP contribution in [0, 0.1) is 0 Å². The first-order valence-electron chi connectivity index (χ1n) is 12.5. The molecule has 0 aliphatic carbocycles. The van der Waals surface area contributed by atoms with E-state index in [1.807, 2.05) is 0 Å². The summed E-state index contributed by atoms with van der Waals surface area (Å²) in [7, 11) is 0. The Morgan fingerprint density at radius 1 is 0.944 bits per heavy atom. The van der Waals surface area contributed by atoms with Crippen LogP contribution in [-0.4, -0.2) is 70.5 Å². The maximum absolute atomic E-state index is 9.55. The molecule has 0 saturated carbocycles. The molecule has 0 atom stereocenters. The molecule has 2 heterocycles. The smallest absolute Gasteiger partial charge is 0.328 e. The van der Waals surface area contributed by atoms with Crippen LogP contribution in [0.3, 0.4) is 0 Å². The summed E-state index contributed by atoms with van der Waals surface area (Å²) in [6.45, 7) is 9.92. The minimum Gasteiger partial charge on any atom is -0.478 e. The zero-order valence-electron chi connectivity index (χ0n) is 21.1. The third kappa shape index (κ3) is 7.65. The Balaban J connectivity index is 0.000000392. The highest BCUT2D eigenvalue weighted by Crippen LogP contribution is 2.31. The molecule has 2 aromatic rings. The second kappa shape index (κ2) is 13.4. The summed E-state index contributed by atoms with van der Waals surface area (Å²) in [4.78, 5) is 29.3. The molecule has 190 valence electrons. The van der Waals surface area contributed by atoms with E-state index in [1.54, 1.807) is 0 Å². The Kier molecular flexibility index (Phi) is 10.0. The molecule has 2 aliphatic rings. The first-order valence-corrected chi connectivity index (χ1v) is 12.5. The van der Waals surface area contributed by atoms with Gasteiger partial charge in [-0.1, -0.05) is 68.8 Å². The van der Waals surface area contributed by atoms with Crippen LogP contribution in [0.1, 0.15) is 37.0 Å². The van der Waals surface area contributed by atoms with Crippen molar-refractivity contribution in [2.24, 2.45) is 4.99 Å². The first kappa shape index (κ1) is 26.9. The number of benzene rings is 2. The Morgan fingerprint density at radius 3 is 2.19 bits per heavy atom. The van der Waals surface area contributed by atoms with E-state index in [0.29, 0.717) is 12.2 Å². The highest BCUT2D eigenvalue weighted by Gasteiger charge is 2.24. The second-order valence-electron chi connectivity index (χ2n) is 8.77. The van der Waals surface area contributed by atoms with Gasteiger partial charge in [-0.05, 0) is 42.1 Å². The van der Waals surface area contributed by atoms with Gasteiger partial charge in [-0.15, -0.1) is 0 Å². The minimum atomic E-state index is -1.26. The number of fused-ring (bicyclic) bond motifs is 1. The number of rotatable bonds is 6. The van der Waals surface area contributed by atoms with Crippen molar-refractivity contribution in [1.82, 2.24) is 9.80 Å². The number of aliphatic carboxylic acids is 2. The number of carboxylic acid groups (broad SMARTS) is 2. The molecule has 0 aromatic heterocycles. The van der Waals surface area contributed by atoms with E-state index >= 15 is 0 Å². The van der Waals surface area contributed by atoms with E-state index in [2.05, 4.69) is 78.3 Å². The number of allylic oxidation sites excluding steroid dienone is 1. The van der Waals surface area contributed by atoms with Crippen LogP contribution >= 0.6 is 0 Å². The molecule has 2 N–H and O–H groups in total. The second-order valence-corrected chi connectivity index (χ2v) is 8.77. The van der Waals surface area contributed by atoms with Gasteiger partial charge in [0.1, 0.15) is 5.84 Å².